The maximum atomic E-state index is 14.2. The average Bonchev–Trinajstić information content (AvgIpc) is 2.92. The summed E-state index contributed by atoms with van der Waals surface area (Å²) in [5, 5.41) is 8.80. The third kappa shape index (κ3) is 3.35. The zero-order valence-corrected chi connectivity index (χ0v) is 14.1. The van der Waals surface area contributed by atoms with Crippen molar-refractivity contribution in [3.05, 3.63) is 64.0 Å². The van der Waals surface area contributed by atoms with Crippen LogP contribution in [0.15, 0.2) is 41.4 Å². The summed E-state index contributed by atoms with van der Waals surface area (Å²) in [6, 6.07) is 10.1. The number of carbonyl (C=O) groups is 1. The number of aryl methyl sites for hydroxylation is 1. The van der Waals surface area contributed by atoms with E-state index in [1.807, 2.05) is 13.0 Å². The van der Waals surface area contributed by atoms with E-state index in [1.54, 1.807) is 4.57 Å². The highest BCUT2D eigenvalue weighted by atomic mass is 32.1. The molecule has 0 atom stereocenters. The van der Waals surface area contributed by atoms with Crippen molar-refractivity contribution >= 4 is 27.5 Å². The van der Waals surface area contributed by atoms with Crippen molar-refractivity contribution in [2.75, 3.05) is 0 Å². The second kappa shape index (κ2) is 6.95. The molecule has 0 aliphatic carbocycles. The number of hydrogen-bond acceptors (Lipinski definition) is 3. The van der Waals surface area contributed by atoms with Gasteiger partial charge in [0, 0.05) is 18.2 Å². The third-order valence-electron chi connectivity index (χ3n) is 3.60. The van der Waals surface area contributed by atoms with Crippen molar-refractivity contribution < 1.29 is 13.6 Å². The van der Waals surface area contributed by atoms with Crippen molar-refractivity contribution in [1.82, 2.24) is 4.57 Å². The van der Waals surface area contributed by atoms with E-state index in [0.717, 1.165) is 17.4 Å². The van der Waals surface area contributed by atoms with Gasteiger partial charge in [-0.15, -0.1) is 0 Å². The Balaban J connectivity index is 2.14. The van der Waals surface area contributed by atoms with Crippen molar-refractivity contribution in [1.29, 1.82) is 5.26 Å². The maximum absolute atomic E-state index is 14.2. The number of amides is 1. The number of halogens is 2. The lowest BCUT2D eigenvalue weighted by Crippen LogP contribution is -2.17. The first-order valence-corrected chi connectivity index (χ1v) is 8.42. The smallest absolute Gasteiger partial charge is 0.279 e. The molecule has 3 aromatic rings. The zero-order chi connectivity index (χ0) is 18.0. The number of fused-ring (bicyclic) bond motifs is 1. The second-order valence-corrected chi connectivity index (χ2v) is 6.39. The third-order valence-corrected chi connectivity index (χ3v) is 4.63. The highest BCUT2D eigenvalue weighted by molar-refractivity contribution is 7.16. The van der Waals surface area contributed by atoms with E-state index in [4.69, 9.17) is 5.26 Å². The first kappa shape index (κ1) is 17.0. The van der Waals surface area contributed by atoms with E-state index in [1.165, 1.54) is 30.3 Å². The molecule has 7 heteroatoms. The fraction of sp³-hybridized carbons (Fsp3) is 0.167. The fourth-order valence-electron chi connectivity index (χ4n) is 2.48. The number of aromatic nitrogens is 1. The minimum atomic E-state index is -0.674. The summed E-state index contributed by atoms with van der Waals surface area (Å²) in [6.45, 7) is 2.38. The molecule has 0 saturated carbocycles. The van der Waals surface area contributed by atoms with Crippen LogP contribution in [0.25, 0.3) is 10.2 Å². The van der Waals surface area contributed by atoms with Crippen LogP contribution in [0.1, 0.15) is 29.3 Å². The van der Waals surface area contributed by atoms with Gasteiger partial charge in [0.15, 0.2) is 10.6 Å². The zero-order valence-electron chi connectivity index (χ0n) is 13.3. The Morgan fingerprint density at radius 1 is 1.28 bits per heavy atom. The van der Waals surface area contributed by atoms with Crippen LogP contribution in [-0.2, 0) is 6.54 Å². The van der Waals surface area contributed by atoms with Gasteiger partial charge in [0.2, 0.25) is 0 Å². The lowest BCUT2D eigenvalue weighted by atomic mass is 10.1. The van der Waals surface area contributed by atoms with Gasteiger partial charge in [0.1, 0.15) is 5.82 Å². The van der Waals surface area contributed by atoms with Gasteiger partial charge >= 0.3 is 0 Å². The van der Waals surface area contributed by atoms with Crippen LogP contribution in [0, 0.1) is 23.0 Å². The predicted molar refractivity (Wildman–Crippen MR) is 91.1 cm³/mol. The molecule has 0 unspecified atom stereocenters. The minimum Gasteiger partial charge on any atom is -0.314 e. The monoisotopic (exact) mass is 357 g/mol. The molecule has 1 heterocycles. The molecule has 0 radical (unpaired) electrons. The topological polar surface area (TPSA) is 58.1 Å². The first-order valence-electron chi connectivity index (χ1n) is 7.61. The number of hydrogen-bond donors (Lipinski definition) is 0. The Labute approximate surface area is 146 Å². The van der Waals surface area contributed by atoms with Crippen molar-refractivity contribution in [2.24, 2.45) is 4.99 Å². The standard InChI is InChI=1S/C18H13F2N3OS/c1-2-7-23-16-14(20)8-13(19)9-15(16)25-18(23)22-17(24)12-5-3-11(10-21)4-6-12/h3-6,8-9H,2,7H2,1H3. The molecule has 0 aliphatic rings. The van der Waals surface area contributed by atoms with Crippen molar-refractivity contribution in [2.45, 2.75) is 19.9 Å². The Bertz CT molecular complexity index is 1060. The van der Waals surface area contributed by atoms with E-state index in [0.29, 0.717) is 33.6 Å². The maximum Gasteiger partial charge on any atom is 0.279 e. The number of thiazole rings is 1. The molecule has 0 N–H and O–H groups in total. The Morgan fingerprint density at radius 2 is 2.00 bits per heavy atom. The van der Waals surface area contributed by atoms with Crippen LogP contribution in [0.3, 0.4) is 0 Å². The van der Waals surface area contributed by atoms with Crippen LogP contribution < -0.4 is 4.80 Å². The normalized spacial score (nSPS) is 11.7. The van der Waals surface area contributed by atoms with Gasteiger partial charge in [0.25, 0.3) is 5.91 Å². The minimum absolute atomic E-state index is 0.250. The molecule has 1 amide bonds. The van der Waals surface area contributed by atoms with Crippen LogP contribution in [0.5, 0.6) is 0 Å². The summed E-state index contributed by atoms with van der Waals surface area (Å²) in [5.41, 5.74) is 1.02. The largest absolute Gasteiger partial charge is 0.314 e. The van der Waals surface area contributed by atoms with E-state index in [-0.39, 0.29) is 5.52 Å². The molecule has 1 aromatic heterocycles. The number of nitriles is 1. The molecule has 0 aliphatic heterocycles. The van der Waals surface area contributed by atoms with Gasteiger partial charge in [-0.1, -0.05) is 18.3 Å². The average molecular weight is 357 g/mol. The molecule has 0 bridgehead atoms. The van der Waals surface area contributed by atoms with Gasteiger partial charge in [-0.25, -0.2) is 8.78 Å². The summed E-state index contributed by atoms with van der Waals surface area (Å²) in [5.74, 6) is -1.84. The van der Waals surface area contributed by atoms with Gasteiger partial charge in [0.05, 0.1) is 21.8 Å². The van der Waals surface area contributed by atoms with Crippen molar-refractivity contribution in [3.63, 3.8) is 0 Å². The predicted octanol–water partition coefficient (Wildman–Crippen LogP) is 4.00. The van der Waals surface area contributed by atoms with E-state index in [9.17, 15) is 13.6 Å². The SMILES string of the molecule is CCCn1c(=NC(=O)c2ccc(C#N)cc2)sc2cc(F)cc(F)c21. The number of benzene rings is 2. The summed E-state index contributed by atoms with van der Waals surface area (Å²) < 4.78 is 29.6. The highest BCUT2D eigenvalue weighted by Crippen LogP contribution is 2.22. The molecular formula is C18H13F2N3OS. The molecule has 25 heavy (non-hydrogen) atoms. The molecular weight excluding hydrogens is 344 g/mol. The molecule has 0 fully saturated rings. The molecule has 126 valence electrons. The fourth-order valence-corrected chi connectivity index (χ4v) is 3.58. The summed E-state index contributed by atoms with van der Waals surface area (Å²) >= 11 is 1.07. The summed E-state index contributed by atoms with van der Waals surface area (Å²) in [4.78, 5) is 16.8. The first-order chi connectivity index (χ1) is 12.0. The van der Waals surface area contributed by atoms with E-state index < -0.39 is 17.5 Å². The Morgan fingerprint density at radius 3 is 2.64 bits per heavy atom. The summed E-state index contributed by atoms with van der Waals surface area (Å²) in [6.07, 6.45) is 0.709. The van der Waals surface area contributed by atoms with Gasteiger partial charge in [-0.3, -0.25) is 4.79 Å². The Kier molecular flexibility index (Phi) is 4.72. The van der Waals surface area contributed by atoms with Crippen LogP contribution in [0.2, 0.25) is 0 Å². The van der Waals surface area contributed by atoms with Gasteiger partial charge < -0.3 is 4.57 Å². The number of carbonyl (C=O) groups excluding carboxylic acids is 1. The molecule has 0 saturated heterocycles. The van der Waals surface area contributed by atoms with E-state index in [2.05, 4.69) is 4.99 Å². The van der Waals surface area contributed by atoms with E-state index >= 15 is 0 Å². The number of rotatable bonds is 3. The number of nitrogens with zero attached hydrogens (tertiary/aromatic N) is 3. The Hall–Kier alpha value is -2.85. The molecule has 3 rings (SSSR count). The summed E-state index contributed by atoms with van der Waals surface area (Å²) in [7, 11) is 0. The van der Waals surface area contributed by atoms with Gasteiger partial charge in [-0.2, -0.15) is 10.3 Å². The lowest BCUT2D eigenvalue weighted by Gasteiger charge is -2.03. The van der Waals surface area contributed by atoms with Crippen LogP contribution in [-0.4, -0.2) is 10.5 Å². The molecule has 4 nitrogen and oxygen atoms in total. The van der Waals surface area contributed by atoms with Crippen molar-refractivity contribution in [3.8, 4) is 6.07 Å². The molecule has 0 spiro atoms. The van der Waals surface area contributed by atoms with Crippen LogP contribution in [0.4, 0.5) is 8.78 Å². The van der Waals surface area contributed by atoms with Gasteiger partial charge in [-0.05, 0) is 36.8 Å². The quantitative estimate of drug-likeness (QED) is 0.711. The lowest BCUT2D eigenvalue weighted by molar-refractivity contribution is 0.0998. The van der Waals surface area contributed by atoms with Crippen LogP contribution >= 0.6 is 11.3 Å². The molecule has 2 aromatic carbocycles. The second-order valence-electron chi connectivity index (χ2n) is 5.38. The highest BCUT2D eigenvalue weighted by Gasteiger charge is 2.14.